The first kappa shape index (κ1) is 8.63. The monoisotopic (exact) mass is 172 g/mol. The maximum absolute atomic E-state index is 3.05. The Morgan fingerprint density at radius 3 is 2.62 bits per heavy atom. The summed E-state index contributed by atoms with van der Waals surface area (Å²) in [6.07, 6.45) is 3.84. The highest BCUT2D eigenvalue weighted by atomic mass is 14.2. The summed E-state index contributed by atoms with van der Waals surface area (Å²) < 4.78 is 0. The van der Waals surface area contributed by atoms with E-state index < -0.39 is 0 Å². The lowest BCUT2D eigenvalue weighted by molar-refractivity contribution is 0.343. The zero-order valence-corrected chi connectivity index (χ0v) is 8.43. The molecule has 68 valence electrons. The lowest BCUT2D eigenvalue weighted by atomic mass is 9.79. The summed E-state index contributed by atoms with van der Waals surface area (Å²) in [5, 5.41) is 0. The second kappa shape index (κ2) is 3.42. The van der Waals surface area contributed by atoms with Crippen molar-refractivity contribution in [3.05, 3.63) is 35.4 Å². The van der Waals surface area contributed by atoms with Crippen LogP contribution in [-0.2, 0) is 12.8 Å². The second-order valence-corrected chi connectivity index (χ2v) is 4.37. The molecule has 0 saturated heterocycles. The molecule has 2 rings (SSSR count). The van der Waals surface area contributed by atoms with Crippen LogP contribution in [0.25, 0.3) is 0 Å². The minimum absolute atomic E-state index is 0.817. The quantitative estimate of drug-likeness (QED) is 0.610. The Morgan fingerprint density at radius 1 is 1.23 bits per heavy atom. The molecule has 1 unspecified atom stereocenters. The average Bonchev–Trinajstić information content (AvgIpc) is 2.17. The van der Waals surface area contributed by atoms with Gasteiger partial charge in [0.05, 0.1) is 0 Å². The van der Waals surface area contributed by atoms with E-state index in [2.05, 4.69) is 38.1 Å². The molecule has 0 aromatic heterocycles. The Kier molecular flexibility index (Phi) is 2.27. The second-order valence-electron chi connectivity index (χ2n) is 4.37. The topological polar surface area (TPSA) is 0 Å². The van der Waals surface area contributed by atoms with Gasteiger partial charge in [-0.1, -0.05) is 26.0 Å². The Hall–Kier alpha value is -0.960. The van der Waals surface area contributed by atoms with Crippen LogP contribution in [0.4, 0.5) is 0 Å². The summed E-state index contributed by atoms with van der Waals surface area (Å²) in [4.78, 5) is 0. The van der Waals surface area contributed by atoms with E-state index in [1.165, 1.54) is 30.4 Å². The van der Waals surface area contributed by atoms with E-state index >= 15 is 0 Å². The maximum atomic E-state index is 3.05. The minimum Gasteiger partial charge on any atom is -0.0699 e. The van der Waals surface area contributed by atoms with Gasteiger partial charge in [0.25, 0.3) is 0 Å². The number of hydrogen-bond acceptors (Lipinski definition) is 0. The first-order valence-electron chi connectivity index (χ1n) is 5.17. The smallest absolute Gasteiger partial charge is 0.00802 e. The molecule has 1 aromatic carbocycles. The zero-order valence-electron chi connectivity index (χ0n) is 8.43. The molecule has 1 aliphatic rings. The molecule has 0 radical (unpaired) electrons. The van der Waals surface area contributed by atoms with Crippen molar-refractivity contribution >= 4 is 0 Å². The third kappa shape index (κ3) is 1.70. The van der Waals surface area contributed by atoms with Crippen molar-refractivity contribution in [2.45, 2.75) is 33.1 Å². The predicted octanol–water partition coefficient (Wildman–Crippen LogP) is 3.05. The summed E-state index contributed by atoms with van der Waals surface area (Å²) in [5.74, 6) is 1.70. The molecule has 0 spiro atoms. The van der Waals surface area contributed by atoms with E-state index in [1.54, 1.807) is 0 Å². The van der Waals surface area contributed by atoms with E-state index in [9.17, 15) is 0 Å². The van der Waals surface area contributed by atoms with Crippen LogP contribution < -0.4 is 0 Å². The Labute approximate surface area is 81.0 Å². The molecule has 0 saturated carbocycles. The van der Waals surface area contributed by atoms with Gasteiger partial charge in [0.1, 0.15) is 0 Å². The third-order valence-corrected chi connectivity index (χ3v) is 3.20. The van der Waals surface area contributed by atoms with E-state index in [1.807, 2.05) is 0 Å². The van der Waals surface area contributed by atoms with Gasteiger partial charge in [-0.05, 0) is 54.4 Å². The highest BCUT2D eigenvalue weighted by Gasteiger charge is 2.20. The minimum atomic E-state index is 0.817. The molecular formula is C13H16. The van der Waals surface area contributed by atoms with Gasteiger partial charge in [-0.15, -0.1) is 0 Å². The van der Waals surface area contributed by atoms with Crippen LogP contribution in [0, 0.1) is 24.0 Å². The number of hydrogen-bond donors (Lipinski definition) is 0. The lowest BCUT2D eigenvalue weighted by Gasteiger charge is -2.26. The van der Waals surface area contributed by atoms with Crippen molar-refractivity contribution in [1.82, 2.24) is 0 Å². The van der Waals surface area contributed by atoms with Crippen molar-refractivity contribution in [3.8, 4) is 0 Å². The summed E-state index contributed by atoms with van der Waals surface area (Å²) in [6.45, 7) is 4.66. The predicted molar refractivity (Wildman–Crippen MR) is 54.5 cm³/mol. The van der Waals surface area contributed by atoms with Crippen LogP contribution in [0.3, 0.4) is 0 Å². The van der Waals surface area contributed by atoms with Gasteiger partial charge in [0.15, 0.2) is 0 Å². The summed E-state index contributed by atoms with van der Waals surface area (Å²) >= 11 is 0. The van der Waals surface area contributed by atoms with Crippen LogP contribution in [0.5, 0.6) is 0 Å². The SMILES string of the molecule is CC(C)C1CCc2cc#ccc2C1. The van der Waals surface area contributed by atoms with Crippen LogP contribution in [0.15, 0.2) is 12.1 Å². The lowest BCUT2D eigenvalue weighted by Crippen LogP contribution is -2.18. The molecule has 1 atom stereocenters. The summed E-state index contributed by atoms with van der Waals surface area (Å²) in [7, 11) is 0. The molecule has 0 N–H and O–H groups in total. The van der Waals surface area contributed by atoms with Gasteiger partial charge in [0.2, 0.25) is 0 Å². The van der Waals surface area contributed by atoms with Gasteiger partial charge in [-0.3, -0.25) is 0 Å². The van der Waals surface area contributed by atoms with E-state index in [0.29, 0.717) is 0 Å². The number of fused-ring (bicyclic) bond motifs is 1. The van der Waals surface area contributed by atoms with Gasteiger partial charge in [0, 0.05) is 0 Å². The highest BCUT2D eigenvalue weighted by Crippen LogP contribution is 2.29. The van der Waals surface area contributed by atoms with Gasteiger partial charge in [-0.2, -0.15) is 0 Å². The fraction of sp³-hybridized carbons (Fsp3) is 0.538. The molecule has 0 bridgehead atoms. The number of aryl methyl sites for hydroxylation is 1. The van der Waals surface area contributed by atoms with E-state index in [4.69, 9.17) is 0 Å². The van der Waals surface area contributed by atoms with Crippen LogP contribution in [0.2, 0.25) is 0 Å². The molecular weight excluding hydrogens is 156 g/mol. The molecule has 13 heavy (non-hydrogen) atoms. The van der Waals surface area contributed by atoms with Crippen molar-refractivity contribution in [1.29, 1.82) is 0 Å². The van der Waals surface area contributed by atoms with Crippen molar-refractivity contribution in [2.75, 3.05) is 0 Å². The Balaban J connectivity index is 2.20. The normalized spacial score (nSPS) is 21.0. The largest absolute Gasteiger partial charge is 0.0699 e. The highest BCUT2D eigenvalue weighted by molar-refractivity contribution is 5.26. The Bertz CT molecular complexity index is 286. The fourth-order valence-electron chi connectivity index (χ4n) is 2.16. The first-order valence-corrected chi connectivity index (χ1v) is 5.17. The number of rotatable bonds is 1. The molecule has 0 aliphatic heterocycles. The van der Waals surface area contributed by atoms with Crippen LogP contribution in [0.1, 0.15) is 31.4 Å². The van der Waals surface area contributed by atoms with Crippen molar-refractivity contribution < 1.29 is 0 Å². The van der Waals surface area contributed by atoms with Gasteiger partial charge in [-0.25, -0.2) is 0 Å². The van der Waals surface area contributed by atoms with Gasteiger partial charge >= 0.3 is 0 Å². The molecule has 0 nitrogen and oxygen atoms in total. The molecule has 0 heterocycles. The van der Waals surface area contributed by atoms with Crippen LogP contribution >= 0.6 is 0 Å². The molecule has 0 amide bonds. The third-order valence-electron chi connectivity index (χ3n) is 3.20. The first-order chi connectivity index (χ1) is 6.27. The zero-order chi connectivity index (χ0) is 9.26. The molecule has 0 fully saturated rings. The fourth-order valence-corrected chi connectivity index (χ4v) is 2.16. The molecule has 1 aromatic rings. The maximum Gasteiger partial charge on any atom is -0.00802 e. The van der Waals surface area contributed by atoms with Crippen LogP contribution in [-0.4, -0.2) is 0 Å². The Morgan fingerprint density at radius 2 is 1.92 bits per heavy atom. The van der Waals surface area contributed by atoms with E-state index in [0.717, 1.165) is 11.8 Å². The van der Waals surface area contributed by atoms with Crippen molar-refractivity contribution in [3.63, 3.8) is 0 Å². The standard InChI is InChI=1S/C13H16/c1-10(2)12-8-7-11-5-3-4-6-13(11)9-12/h5-6,10,12H,7-9H2,1-2H3. The van der Waals surface area contributed by atoms with E-state index in [-0.39, 0.29) is 0 Å². The molecule has 0 heteroatoms. The van der Waals surface area contributed by atoms with Gasteiger partial charge < -0.3 is 0 Å². The van der Waals surface area contributed by atoms with Crippen molar-refractivity contribution in [2.24, 2.45) is 11.8 Å². The summed E-state index contributed by atoms with van der Waals surface area (Å²) in [5.41, 5.74) is 3.00. The molecule has 1 aliphatic carbocycles. The average molecular weight is 172 g/mol. The summed E-state index contributed by atoms with van der Waals surface area (Å²) in [6, 6.07) is 10.3.